The van der Waals surface area contributed by atoms with Gasteiger partial charge in [0.25, 0.3) is 5.91 Å². The highest BCUT2D eigenvalue weighted by Crippen LogP contribution is 2.37. The van der Waals surface area contributed by atoms with Gasteiger partial charge < -0.3 is 34.8 Å². The van der Waals surface area contributed by atoms with Crippen molar-refractivity contribution in [2.75, 3.05) is 44.0 Å². The number of amides is 3. The minimum Gasteiger partial charge on any atom is -0.494 e. The quantitative estimate of drug-likeness (QED) is 0.266. The molecule has 216 valence electrons. The van der Waals surface area contributed by atoms with Gasteiger partial charge in [-0.2, -0.15) is 4.98 Å². The zero-order valence-corrected chi connectivity index (χ0v) is 23.5. The smallest absolute Gasteiger partial charge is 0.272 e. The maximum Gasteiger partial charge on any atom is 0.272 e. The highest BCUT2D eigenvalue weighted by atomic mass is 16.5. The average molecular weight is 580 g/mol. The molecule has 1 aliphatic carbocycles. The Balaban J connectivity index is 1.38. The van der Waals surface area contributed by atoms with Gasteiger partial charge in [0, 0.05) is 37.9 Å². The minimum absolute atomic E-state index is 0.0125. The largest absolute Gasteiger partial charge is 0.494 e. The summed E-state index contributed by atoms with van der Waals surface area (Å²) in [5.41, 5.74) is 0.820. The first kappa shape index (κ1) is 30.1. The number of anilines is 3. The van der Waals surface area contributed by atoms with Crippen LogP contribution in [0.25, 0.3) is 11.4 Å². The Labute approximate surface area is 251 Å². The van der Waals surface area contributed by atoms with Crippen LogP contribution in [0, 0.1) is 5.92 Å². The van der Waals surface area contributed by atoms with Gasteiger partial charge in [-0.15, -0.1) is 10.2 Å². The molecule has 3 N–H and O–H groups in total. The number of hydrogen-bond acceptors (Lipinski definition) is 11. The molecule has 2 aliphatic rings. The number of ether oxygens (including phenoxy) is 2. The van der Waals surface area contributed by atoms with Crippen LogP contribution in [-0.4, -0.2) is 105 Å². The van der Waals surface area contributed by atoms with Crippen LogP contribution in [0.4, 0.5) is 17.2 Å². The molecule has 2 fully saturated rings. The predicted octanol–water partition coefficient (Wildman–Crippen LogP) is 0.265. The summed E-state index contributed by atoms with van der Waals surface area (Å²) < 4.78 is 16.4. The van der Waals surface area contributed by atoms with Crippen molar-refractivity contribution in [2.24, 2.45) is 5.92 Å². The molecule has 0 bridgehead atoms. The molecule has 5 rings (SSSR count). The lowest BCUT2D eigenvalue weighted by Gasteiger charge is -2.26. The van der Waals surface area contributed by atoms with Crippen molar-refractivity contribution in [1.82, 2.24) is 30.6 Å². The molecular weight excluding hydrogens is 553 g/mol. The van der Waals surface area contributed by atoms with Crippen LogP contribution < -0.4 is 20.7 Å². The number of aromatic nitrogens is 4. The summed E-state index contributed by atoms with van der Waals surface area (Å²) in [5.74, 6) is -0.134. The van der Waals surface area contributed by atoms with Gasteiger partial charge in [0.1, 0.15) is 0 Å². The maximum absolute atomic E-state index is 12.9. The summed E-state index contributed by atoms with van der Waals surface area (Å²) in [6.07, 6.45) is 2.07. The van der Waals surface area contributed by atoms with E-state index in [1.165, 1.54) is 13.2 Å². The Morgan fingerprint density at radius 1 is 1.12 bits per heavy atom. The maximum atomic E-state index is 12.9. The number of nitrogens with zero attached hydrogens (tertiary/aromatic N) is 5. The van der Waals surface area contributed by atoms with Crippen molar-refractivity contribution in [3.05, 3.63) is 35.9 Å². The molecule has 3 aromatic rings. The number of methoxy groups -OCH3 is 1. The molecule has 17 heteroatoms. The van der Waals surface area contributed by atoms with Crippen LogP contribution >= 0.6 is 0 Å². The fourth-order valence-electron chi connectivity index (χ4n) is 4.37. The summed E-state index contributed by atoms with van der Waals surface area (Å²) >= 11 is 0. The SMILES string of the molecule is [B]C([B])([B])NC(=O)c1nnc(NC(=O)C2CC2)cc1Nc1cccc(-c2noc(CCC(=O)N3CCOCC3)n2)c1OC. The first-order chi connectivity index (χ1) is 20.6. The molecule has 1 saturated heterocycles. The third kappa shape index (κ3) is 7.72. The van der Waals surface area contributed by atoms with Gasteiger partial charge in [0.15, 0.2) is 17.3 Å². The van der Waals surface area contributed by atoms with Gasteiger partial charge in [-0.3, -0.25) is 14.4 Å². The van der Waals surface area contributed by atoms with E-state index in [1.807, 2.05) is 0 Å². The highest BCUT2D eigenvalue weighted by molar-refractivity contribution is 6.60. The van der Waals surface area contributed by atoms with E-state index in [4.69, 9.17) is 37.5 Å². The lowest BCUT2D eigenvalue weighted by molar-refractivity contribution is -0.135. The second-order valence-corrected chi connectivity index (χ2v) is 10.2. The molecule has 0 unspecified atom stereocenters. The normalized spacial score (nSPS) is 15.0. The van der Waals surface area contributed by atoms with Crippen molar-refractivity contribution in [2.45, 2.75) is 30.9 Å². The fourth-order valence-corrected chi connectivity index (χ4v) is 4.37. The predicted molar refractivity (Wildman–Crippen MR) is 156 cm³/mol. The lowest BCUT2D eigenvalue weighted by atomic mass is 9.49. The molecule has 3 amide bonds. The molecule has 43 heavy (non-hydrogen) atoms. The molecule has 1 aromatic carbocycles. The van der Waals surface area contributed by atoms with Gasteiger partial charge in [0.2, 0.25) is 23.5 Å². The van der Waals surface area contributed by atoms with Crippen molar-refractivity contribution in [3.8, 4) is 17.1 Å². The number of aryl methyl sites for hydroxylation is 1. The lowest BCUT2D eigenvalue weighted by Crippen LogP contribution is -2.50. The molecule has 3 heterocycles. The second-order valence-electron chi connectivity index (χ2n) is 10.2. The third-order valence-electron chi connectivity index (χ3n) is 6.65. The summed E-state index contributed by atoms with van der Waals surface area (Å²) in [5, 5.41) is 18.0. The van der Waals surface area contributed by atoms with E-state index in [9.17, 15) is 14.4 Å². The van der Waals surface area contributed by atoms with Crippen molar-refractivity contribution >= 4 is 58.5 Å². The summed E-state index contributed by atoms with van der Waals surface area (Å²) in [7, 11) is 18.1. The minimum atomic E-state index is -2.02. The summed E-state index contributed by atoms with van der Waals surface area (Å²) in [4.78, 5) is 43.9. The number of rotatable bonds is 11. The van der Waals surface area contributed by atoms with E-state index in [2.05, 4.69) is 36.3 Å². The number of hydrogen-bond donors (Lipinski definition) is 3. The Bertz CT molecular complexity index is 1500. The zero-order valence-electron chi connectivity index (χ0n) is 23.5. The highest BCUT2D eigenvalue weighted by Gasteiger charge is 2.30. The molecule has 2 aromatic heterocycles. The first-order valence-electron chi connectivity index (χ1n) is 13.6. The van der Waals surface area contributed by atoms with Crippen LogP contribution in [0.2, 0.25) is 0 Å². The Hall–Kier alpha value is -4.40. The van der Waals surface area contributed by atoms with E-state index in [1.54, 1.807) is 23.1 Å². The van der Waals surface area contributed by atoms with E-state index < -0.39 is 11.1 Å². The number of carbonyl (C=O) groups excluding carboxylic acids is 3. The Kier molecular flexibility index (Phi) is 8.99. The third-order valence-corrected chi connectivity index (χ3v) is 6.65. The number of para-hydroxylation sites is 1. The van der Waals surface area contributed by atoms with Crippen LogP contribution in [0.3, 0.4) is 0 Å². The van der Waals surface area contributed by atoms with Crippen LogP contribution in [-0.2, 0) is 20.7 Å². The number of nitrogens with one attached hydrogen (secondary N) is 3. The molecular formula is C26H27B3N8O6. The molecule has 1 aliphatic heterocycles. The van der Waals surface area contributed by atoms with E-state index in [-0.39, 0.29) is 53.6 Å². The van der Waals surface area contributed by atoms with Crippen LogP contribution in [0.15, 0.2) is 28.8 Å². The van der Waals surface area contributed by atoms with E-state index >= 15 is 0 Å². The monoisotopic (exact) mass is 580 g/mol. The Morgan fingerprint density at radius 3 is 2.58 bits per heavy atom. The number of carbonyl (C=O) groups is 3. The molecule has 1 saturated carbocycles. The van der Waals surface area contributed by atoms with Gasteiger partial charge >= 0.3 is 0 Å². The Morgan fingerprint density at radius 2 is 1.88 bits per heavy atom. The topological polar surface area (TPSA) is 174 Å². The van der Waals surface area contributed by atoms with Crippen LogP contribution in [0.5, 0.6) is 5.75 Å². The van der Waals surface area contributed by atoms with Gasteiger partial charge in [-0.25, -0.2) is 0 Å². The van der Waals surface area contributed by atoms with Gasteiger partial charge in [-0.05, 0) is 25.0 Å². The van der Waals surface area contributed by atoms with Gasteiger partial charge in [0.05, 0.1) is 60.8 Å². The molecule has 14 nitrogen and oxygen atoms in total. The second kappa shape index (κ2) is 12.9. The van der Waals surface area contributed by atoms with Crippen molar-refractivity contribution in [3.63, 3.8) is 0 Å². The number of morpholine rings is 1. The molecule has 0 atom stereocenters. The molecule has 6 radical (unpaired) electrons. The molecule has 0 spiro atoms. The fraction of sp³-hybridized carbons (Fsp3) is 0.423. The zero-order chi connectivity index (χ0) is 30.6. The van der Waals surface area contributed by atoms with Crippen molar-refractivity contribution < 1.29 is 28.4 Å². The van der Waals surface area contributed by atoms with E-state index in [0.717, 1.165) is 12.8 Å². The average Bonchev–Trinajstić information content (AvgIpc) is 3.73. The standard InChI is InChI=1S/C26H27B3N8O6/c1-41-22-15(23-32-19(43-36-23)7-8-20(38)37-9-11-42-12-10-37)3-2-4-16(22)30-17-13-18(31-24(39)14-5-6-14)34-35-21(17)25(40)33-26(27,28)29/h2-4,13-14H,5-12H2,1H3,(H,33,40)(H2,30,31,34,39). The van der Waals surface area contributed by atoms with Crippen molar-refractivity contribution in [1.29, 1.82) is 0 Å². The first-order valence-corrected chi connectivity index (χ1v) is 13.6. The summed E-state index contributed by atoms with van der Waals surface area (Å²) in [6, 6.07) is 6.57. The number of benzene rings is 1. The summed E-state index contributed by atoms with van der Waals surface area (Å²) in [6.45, 7) is 2.15. The van der Waals surface area contributed by atoms with Gasteiger partial charge in [-0.1, -0.05) is 16.5 Å². The van der Waals surface area contributed by atoms with E-state index in [0.29, 0.717) is 49.2 Å². The van der Waals surface area contributed by atoms with Crippen LogP contribution in [0.1, 0.15) is 35.6 Å².